The van der Waals surface area contributed by atoms with E-state index in [0.717, 1.165) is 12.0 Å². The first-order valence-corrected chi connectivity index (χ1v) is 7.63. The molecule has 1 aromatic rings. The van der Waals surface area contributed by atoms with Gasteiger partial charge in [0.05, 0.1) is 0 Å². The molecule has 1 unspecified atom stereocenters. The van der Waals surface area contributed by atoms with Crippen LogP contribution in [0.3, 0.4) is 0 Å². The van der Waals surface area contributed by atoms with Crippen LogP contribution in [0.15, 0.2) is 24.3 Å². The van der Waals surface area contributed by atoms with Crippen LogP contribution >= 0.6 is 0 Å². The Kier molecular flexibility index (Phi) is 4.66. The SMILES string of the molecule is CCC(C)NC(=O)C1(C(=O)NCc2ccc(C)cc2)CC1. The molecule has 0 saturated heterocycles. The van der Waals surface area contributed by atoms with E-state index in [0.29, 0.717) is 19.4 Å². The highest BCUT2D eigenvalue weighted by Crippen LogP contribution is 2.46. The van der Waals surface area contributed by atoms with E-state index in [1.165, 1.54) is 5.56 Å². The lowest BCUT2D eigenvalue weighted by Crippen LogP contribution is -2.45. The van der Waals surface area contributed by atoms with Crippen molar-refractivity contribution in [1.82, 2.24) is 10.6 Å². The molecule has 1 fully saturated rings. The third-order valence-electron chi connectivity index (χ3n) is 4.18. The summed E-state index contributed by atoms with van der Waals surface area (Å²) in [5, 5.41) is 5.81. The van der Waals surface area contributed by atoms with Crippen molar-refractivity contribution in [1.29, 1.82) is 0 Å². The number of hydrogen-bond donors (Lipinski definition) is 2. The fourth-order valence-electron chi connectivity index (χ4n) is 2.20. The standard InChI is InChI=1S/C17H24N2O2/c1-4-13(3)19-16(21)17(9-10-17)15(20)18-11-14-7-5-12(2)6-8-14/h5-8,13H,4,9-11H2,1-3H3,(H,18,20)(H,19,21). The van der Waals surface area contributed by atoms with E-state index >= 15 is 0 Å². The van der Waals surface area contributed by atoms with Crippen molar-refractivity contribution in [2.75, 3.05) is 0 Å². The summed E-state index contributed by atoms with van der Waals surface area (Å²) in [7, 11) is 0. The molecule has 2 N–H and O–H groups in total. The molecule has 0 spiro atoms. The van der Waals surface area contributed by atoms with Crippen LogP contribution in [-0.4, -0.2) is 17.9 Å². The number of nitrogens with one attached hydrogen (secondary N) is 2. The summed E-state index contributed by atoms with van der Waals surface area (Å²) < 4.78 is 0. The molecule has 1 atom stereocenters. The number of carbonyl (C=O) groups excluding carboxylic acids is 2. The van der Waals surface area contributed by atoms with E-state index in [1.807, 2.05) is 45.0 Å². The van der Waals surface area contributed by atoms with Gasteiger partial charge < -0.3 is 10.6 Å². The molecule has 21 heavy (non-hydrogen) atoms. The third-order valence-corrected chi connectivity index (χ3v) is 4.18. The minimum atomic E-state index is -0.825. The summed E-state index contributed by atoms with van der Waals surface area (Å²) in [5.74, 6) is -0.276. The topological polar surface area (TPSA) is 58.2 Å². The smallest absolute Gasteiger partial charge is 0.235 e. The molecular weight excluding hydrogens is 264 g/mol. The fraction of sp³-hybridized carbons (Fsp3) is 0.529. The summed E-state index contributed by atoms with van der Waals surface area (Å²) in [5.41, 5.74) is 1.41. The van der Waals surface area contributed by atoms with Gasteiger partial charge in [-0.05, 0) is 38.7 Å². The van der Waals surface area contributed by atoms with Crippen LogP contribution in [0.25, 0.3) is 0 Å². The predicted molar refractivity (Wildman–Crippen MR) is 82.6 cm³/mol. The number of hydrogen-bond acceptors (Lipinski definition) is 2. The minimum Gasteiger partial charge on any atom is -0.353 e. The van der Waals surface area contributed by atoms with Gasteiger partial charge in [-0.2, -0.15) is 0 Å². The lowest BCUT2D eigenvalue weighted by atomic mass is 10.0. The van der Waals surface area contributed by atoms with Crippen molar-refractivity contribution in [3.63, 3.8) is 0 Å². The first kappa shape index (κ1) is 15.5. The molecule has 0 aliphatic heterocycles. The van der Waals surface area contributed by atoms with Crippen LogP contribution in [-0.2, 0) is 16.1 Å². The quantitative estimate of drug-likeness (QED) is 0.789. The van der Waals surface area contributed by atoms with E-state index in [4.69, 9.17) is 0 Å². The molecule has 4 heteroatoms. The van der Waals surface area contributed by atoms with Crippen LogP contribution in [0.2, 0.25) is 0 Å². The highest BCUT2D eigenvalue weighted by Gasteiger charge is 2.56. The van der Waals surface area contributed by atoms with Gasteiger partial charge in [0.2, 0.25) is 11.8 Å². The molecule has 4 nitrogen and oxygen atoms in total. The monoisotopic (exact) mass is 288 g/mol. The van der Waals surface area contributed by atoms with Gasteiger partial charge in [0.1, 0.15) is 5.41 Å². The van der Waals surface area contributed by atoms with Crippen molar-refractivity contribution in [2.45, 2.75) is 52.6 Å². The summed E-state index contributed by atoms with van der Waals surface area (Å²) in [6.45, 7) is 6.47. The molecule has 1 aromatic carbocycles. The van der Waals surface area contributed by atoms with Gasteiger partial charge in [-0.3, -0.25) is 9.59 Å². The Morgan fingerprint density at radius 2 is 1.81 bits per heavy atom. The second kappa shape index (κ2) is 6.29. The second-order valence-corrected chi connectivity index (χ2v) is 6.03. The zero-order valence-electron chi connectivity index (χ0n) is 13.0. The minimum absolute atomic E-state index is 0.111. The first-order chi connectivity index (χ1) is 9.98. The lowest BCUT2D eigenvalue weighted by molar-refractivity contribution is -0.137. The Morgan fingerprint density at radius 3 is 2.33 bits per heavy atom. The molecule has 0 aromatic heterocycles. The zero-order valence-corrected chi connectivity index (χ0v) is 13.0. The maximum absolute atomic E-state index is 12.3. The van der Waals surface area contributed by atoms with Gasteiger partial charge in [0, 0.05) is 12.6 Å². The van der Waals surface area contributed by atoms with E-state index in [9.17, 15) is 9.59 Å². The molecule has 1 aliphatic rings. The van der Waals surface area contributed by atoms with E-state index in [1.54, 1.807) is 0 Å². The highest BCUT2D eigenvalue weighted by atomic mass is 16.2. The number of benzene rings is 1. The Bertz CT molecular complexity index is 518. The number of aryl methyl sites for hydroxylation is 1. The normalized spacial score (nSPS) is 16.9. The first-order valence-electron chi connectivity index (χ1n) is 7.63. The Balaban J connectivity index is 1.90. The summed E-state index contributed by atoms with van der Waals surface area (Å²) in [6, 6.07) is 8.14. The van der Waals surface area contributed by atoms with Crippen molar-refractivity contribution >= 4 is 11.8 Å². The lowest BCUT2D eigenvalue weighted by Gasteiger charge is -2.18. The second-order valence-electron chi connectivity index (χ2n) is 6.03. The maximum atomic E-state index is 12.3. The number of carbonyl (C=O) groups is 2. The molecule has 1 saturated carbocycles. The van der Waals surface area contributed by atoms with Crippen LogP contribution in [0.4, 0.5) is 0 Å². The fourth-order valence-corrected chi connectivity index (χ4v) is 2.20. The van der Waals surface area contributed by atoms with Gasteiger partial charge in [-0.1, -0.05) is 36.8 Å². The average Bonchev–Trinajstić information content (AvgIpc) is 3.28. The average molecular weight is 288 g/mol. The molecule has 2 amide bonds. The molecule has 0 radical (unpaired) electrons. The van der Waals surface area contributed by atoms with Gasteiger partial charge >= 0.3 is 0 Å². The summed E-state index contributed by atoms with van der Waals surface area (Å²) >= 11 is 0. The third kappa shape index (κ3) is 3.63. The largest absolute Gasteiger partial charge is 0.353 e. The Labute approximate surface area is 126 Å². The zero-order chi connectivity index (χ0) is 15.5. The molecule has 1 aliphatic carbocycles. The van der Waals surface area contributed by atoms with Gasteiger partial charge in [0.15, 0.2) is 0 Å². The van der Waals surface area contributed by atoms with Crippen molar-refractivity contribution in [3.05, 3.63) is 35.4 Å². The van der Waals surface area contributed by atoms with Crippen molar-refractivity contribution < 1.29 is 9.59 Å². The van der Waals surface area contributed by atoms with E-state index in [2.05, 4.69) is 10.6 Å². The van der Waals surface area contributed by atoms with Gasteiger partial charge in [-0.15, -0.1) is 0 Å². The molecular formula is C17H24N2O2. The number of rotatable bonds is 6. The summed E-state index contributed by atoms with van der Waals surface area (Å²) in [4.78, 5) is 24.5. The predicted octanol–water partition coefficient (Wildman–Crippen LogP) is 2.31. The Hall–Kier alpha value is -1.84. The Morgan fingerprint density at radius 1 is 1.19 bits per heavy atom. The van der Waals surface area contributed by atoms with Gasteiger partial charge in [0.25, 0.3) is 0 Å². The number of amides is 2. The van der Waals surface area contributed by atoms with Crippen LogP contribution in [0.5, 0.6) is 0 Å². The van der Waals surface area contributed by atoms with E-state index < -0.39 is 5.41 Å². The van der Waals surface area contributed by atoms with Crippen molar-refractivity contribution in [2.24, 2.45) is 5.41 Å². The summed E-state index contributed by atoms with van der Waals surface area (Å²) in [6.07, 6.45) is 2.16. The van der Waals surface area contributed by atoms with Crippen LogP contribution < -0.4 is 10.6 Å². The highest BCUT2D eigenvalue weighted by molar-refractivity contribution is 6.07. The van der Waals surface area contributed by atoms with Gasteiger partial charge in [-0.25, -0.2) is 0 Å². The molecule has 0 bridgehead atoms. The molecule has 2 rings (SSSR count). The molecule has 0 heterocycles. The maximum Gasteiger partial charge on any atom is 0.235 e. The van der Waals surface area contributed by atoms with E-state index in [-0.39, 0.29) is 17.9 Å². The molecule has 114 valence electrons. The van der Waals surface area contributed by atoms with Crippen molar-refractivity contribution in [3.8, 4) is 0 Å². The van der Waals surface area contributed by atoms with Crippen LogP contribution in [0, 0.1) is 12.3 Å². The van der Waals surface area contributed by atoms with Crippen LogP contribution in [0.1, 0.15) is 44.2 Å².